The van der Waals surface area contributed by atoms with Crippen LogP contribution in [0.4, 0.5) is 4.79 Å². The number of fused-ring (bicyclic) bond motifs is 3. The first-order valence-electron chi connectivity index (χ1n) is 12.7. The SMILES string of the molecule is COc1ccc(OC)c2c1C=C1C(=O)N(C(=O)OC(C)C)CC(=O)N1C2COC(=O)c1cccc2ccccc12. The van der Waals surface area contributed by atoms with Crippen molar-refractivity contribution in [1.29, 1.82) is 0 Å². The van der Waals surface area contributed by atoms with Crippen molar-refractivity contribution in [3.05, 3.63) is 77.0 Å². The zero-order valence-electron chi connectivity index (χ0n) is 22.5. The fraction of sp³-hybridized carbons (Fsp3) is 0.267. The summed E-state index contributed by atoms with van der Waals surface area (Å²) in [5, 5.41) is 1.60. The Morgan fingerprint density at radius 2 is 1.65 bits per heavy atom. The van der Waals surface area contributed by atoms with Gasteiger partial charge in [-0.2, -0.15) is 0 Å². The zero-order chi connectivity index (χ0) is 28.6. The molecule has 0 N–H and O–H groups in total. The molecule has 0 spiro atoms. The number of piperazine rings is 1. The summed E-state index contributed by atoms with van der Waals surface area (Å²) in [6.07, 6.45) is 0.0747. The molecule has 5 rings (SSSR count). The number of benzene rings is 3. The number of amides is 3. The van der Waals surface area contributed by atoms with Crippen LogP contribution in [0.25, 0.3) is 16.8 Å². The standard InChI is InChI=1S/C30H28N2O8/c1-17(2)40-30(36)31-15-26(33)32-22(28(31)34)14-21-24(37-3)12-13-25(38-4)27(21)23(32)16-39-29(35)20-11-7-9-18-8-5-6-10-19(18)20/h5-14,17,23H,15-16H2,1-4H3. The van der Waals surface area contributed by atoms with Gasteiger partial charge in [0, 0.05) is 11.1 Å². The Morgan fingerprint density at radius 1 is 0.950 bits per heavy atom. The molecule has 206 valence electrons. The Labute approximate surface area is 230 Å². The van der Waals surface area contributed by atoms with Crippen molar-refractivity contribution < 1.29 is 38.1 Å². The van der Waals surface area contributed by atoms with Crippen LogP contribution in [0.3, 0.4) is 0 Å². The zero-order valence-corrected chi connectivity index (χ0v) is 22.5. The smallest absolute Gasteiger partial charge is 0.417 e. The first-order valence-corrected chi connectivity index (χ1v) is 12.7. The van der Waals surface area contributed by atoms with E-state index in [9.17, 15) is 19.2 Å². The third-order valence-electron chi connectivity index (χ3n) is 6.80. The highest BCUT2D eigenvalue weighted by Crippen LogP contribution is 2.45. The quantitative estimate of drug-likeness (QED) is 0.422. The number of imide groups is 1. The van der Waals surface area contributed by atoms with Crippen LogP contribution in [0.1, 0.15) is 41.4 Å². The Bertz CT molecular complexity index is 1560. The summed E-state index contributed by atoms with van der Waals surface area (Å²) in [7, 11) is 2.95. The first-order chi connectivity index (χ1) is 19.2. The molecule has 10 heteroatoms. The van der Waals surface area contributed by atoms with Gasteiger partial charge in [0.1, 0.15) is 36.4 Å². The van der Waals surface area contributed by atoms with Crippen molar-refractivity contribution in [3.8, 4) is 11.5 Å². The Kier molecular flexibility index (Phi) is 7.17. The summed E-state index contributed by atoms with van der Waals surface area (Å²) in [6, 6.07) is 15.2. The van der Waals surface area contributed by atoms with E-state index < -0.39 is 42.6 Å². The van der Waals surface area contributed by atoms with Gasteiger partial charge in [0.15, 0.2) is 0 Å². The number of hydrogen-bond acceptors (Lipinski definition) is 8. The number of rotatable bonds is 6. The second-order valence-corrected chi connectivity index (χ2v) is 9.56. The molecule has 1 atom stereocenters. The topological polar surface area (TPSA) is 112 Å². The average Bonchev–Trinajstić information content (AvgIpc) is 2.95. The van der Waals surface area contributed by atoms with Gasteiger partial charge in [-0.25, -0.2) is 14.5 Å². The number of carbonyl (C=O) groups is 4. The van der Waals surface area contributed by atoms with E-state index >= 15 is 0 Å². The van der Waals surface area contributed by atoms with Crippen molar-refractivity contribution in [3.63, 3.8) is 0 Å². The van der Waals surface area contributed by atoms with Crippen LogP contribution in [0, 0.1) is 0 Å². The molecule has 3 amide bonds. The number of carbonyl (C=O) groups excluding carboxylic acids is 4. The highest BCUT2D eigenvalue weighted by atomic mass is 16.6. The van der Waals surface area contributed by atoms with E-state index in [0.29, 0.717) is 28.2 Å². The molecule has 40 heavy (non-hydrogen) atoms. The lowest BCUT2D eigenvalue weighted by Crippen LogP contribution is -2.56. The molecule has 2 aliphatic rings. The maximum absolute atomic E-state index is 13.5. The molecule has 1 saturated heterocycles. The van der Waals surface area contributed by atoms with E-state index in [1.54, 1.807) is 38.1 Å². The Hall–Kier alpha value is -4.86. The minimum atomic E-state index is -0.932. The lowest BCUT2D eigenvalue weighted by Gasteiger charge is -2.42. The van der Waals surface area contributed by atoms with Gasteiger partial charge in [-0.05, 0) is 48.9 Å². The van der Waals surface area contributed by atoms with E-state index in [1.807, 2.05) is 30.3 Å². The van der Waals surface area contributed by atoms with Gasteiger partial charge in [-0.3, -0.25) is 14.5 Å². The third-order valence-corrected chi connectivity index (χ3v) is 6.80. The fourth-order valence-electron chi connectivity index (χ4n) is 5.05. The van der Waals surface area contributed by atoms with Crippen LogP contribution in [-0.4, -0.2) is 67.2 Å². The molecular formula is C30H28N2O8. The summed E-state index contributed by atoms with van der Waals surface area (Å²) in [5.41, 5.74) is 1.28. The lowest BCUT2D eigenvalue weighted by atomic mass is 9.90. The molecule has 1 unspecified atom stereocenters. The van der Waals surface area contributed by atoms with Crippen LogP contribution >= 0.6 is 0 Å². The molecule has 0 aromatic heterocycles. The van der Waals surface area contributed by atoms with Crippen LogP contribution < -0.4 is 9.47 Å². The van der Waals surface area contributed by atoms with Gasteiger partial charge in [-0.1, -0.05) is 36.4 Å². The van der Waals surface area contributed by atoms with E-state index in [1.165, 1.54) is 25.2 Å². The largest absolute Gasteiger partial charge is 0.496 e. The van der Waals surface area contributed by atoms with Crippen LogP contribution in [0.2, 0.25) is 0 Å². The first kappa shape index (κ1) is 26.7. The lowest BCUT2D eigenvalue weighted by molar-refractivity contribution is -0.146. The minimum Gasteiger partial charge on any atom is -0.496 e. The second-order valence-electron chi connectivity index (χ2n) is 9.56. The third kappa shape index (κ3) is 4.61. The fourth-order valence-corrected chi connectivity index (χ4v) is 5.05. The van der Waals surface area contributed by atoms with Crippen molar-refractivity contribution in [2.75, 3.05) is 27.4 Å². The van der Waals surface area contributed by atoms with E-state index in [2.05, 4.69) is 0 Å². The second kappa shape index (κ2) is 10.7. The van der Waals surface area contributed by atoms with Crippen LogP contribution in [0.15, 0.2) is 60.3 Å². The van der Waals surface area contributed by atoms with Crippen molar-refractivity contribution in [1.82, 2.24) is 9.80 Å². The van der Waals surface area contributed by atoms with Gasteiger partial charge in [0.2, 0.25) is 5.91 Å². The van der Waals surface area contributed by atoms with Crippen LogP contribution in [0.5, 0.6) is 11.5 Å². The normalized spacial score (nSPS) is 16.3. The van der Waals surface area contributed by atoms with Crippen LogP contribution in [-0.2, 0) is 19.1 Å². The maximum atomic E-state index is 13.5. The molecule has 0 bridgehead atoms. The minimum absolute atomic E-state index is 0.0674. The number of methoxy groups -OCH3 is 2. The molecule has 3 aromatic carbocycles. The molecule has 2 aliphatic heterocycles. The van der Waals surface area contributed by atoms with Crippen molar-refractivity contribution in [2.45, 2.75) is 26.0 Å². The molecular weight excluding hydrogens is 516 g/mol. The Morgan fingerprint density at radius 3 is 2.38 bits per heavy atom. The molecule has 0 radical (unpaired) electrons. The molecule has 3 aromatic rings. The number of ether oxygens (including phenoxy) is 4. The van der Waals surface area contributed by atoms with Gasteiger partial charge >= 0.3 is 12.1 Å². The van der Waals surface area contributed by atoms with Gasteiger partial charge in [-0.15, -0.1) is 0 Å². The number of esters is 1. The predicted octanol–water partition coefficient (Wildman–Crippen LogP) is 4.33. The van der Waals surface area contributed by atoms with E-state index in [0.717, 1.165) is 15.7 Å². The molecule has 0 saturated carbocycles. The summed E-state index contributed by atoms with van der Waals surface area (Å²) < 4.78 is 22.1. The van der Waals surface area contributed by atoms with Crippen molar-refractivity contribution in [2.24, 2.45) is 0 Å². The predicted molar refractivity (Wildman–Crippen MR) is 145 cm³/mol. The molecule has 2 heterocycles. The average molecular weight is 545 g/mol. The number of hydrogen-bond donors (Lipinski definition) is 0. The monoisotopic (exact) mass is 544 g/mol. The number of nitrogens with zero attached hydrogens (tertiary/aromatic N) is 2. The summed E-state index contributed by atoms with van der Waals surface area (Å²) in [4.78, 5) is 55.0. The van der Waals surface area contributed by atoms with Gasteiger partial charge < -0.3 is 18.9 Å². The highest BCUT2D eigenvalue weighted by Gasteiger charge is 2.46. The molecule has 1 fully saturated rings. The summed E-state index contributed by atoms with van der Waals surface area (Å²) in [5.74, 6) is -1.02. The Balaban J connectivity index is 1.55. The molecule has 10 nitrogen and oxygen atoms in total. The summed E-state index contributed by atoms with van der Waals surface area (Å²) in [6.45, 7) is 2.48. The van der Waals surface area contributed by atoms with E-state index in [4.69, 9.17) is 18.9 Å². The van der Waals surface area contributed by atoms with Gasteiger partial charge in [0.25, 0.3) is 5.91 Å². The van der Waals surface area contributed by atoms with Gasteiger partial charge in [0.05, 0.1) is 25.9 Å². The maximum Gasteiger partial charge on any atom is 0.417 e. The highest BCUT2D eigenvalue weighted by molar-refractivity contribution is 6.13. The molecule has 0 aliphatic carbocycles. The van der Waals surface area contributed by atoms with E-state index in [-0.39, 0.29) is 12.3 Å². The summed E-state index contributed by atoms with van der Waals surface area (Å²) >= 11 is 0. The van der Waals surface area contributed by atoms with Crippen molar-refractivity contribution >= 4 is 40.7 Å².